The number of thiocarbonyl (C=S) groups is 1. The standard InChI is InChI=1S/C18H20FN3O3S/c1-2-3-4-10-25-15-8-7-12(11-14(15)19)21-18(26)22-17(24)13-6-5-9-20-16(13)23/h5-9,11H,2-4,10H2,1H3,(H,20,23)(H2,21,22,24,26). The second kappa shape index (κ2) is 9.67. The number of aromatic amines is 1. The Morgan fingerprint density at radius 2 is 2.12 bits per heavy atom. The van der Waals surface area contributed by atoms with Crippen molar-refractivity contribution in [1.82, 2.24) is 10.3 Å². The van der Waals surface area contributed by atoms with E-state index in [-0.39, 0.29) is 16.4 Å². The van der Waals surface area contributed by atoms with Crippen molar-refractivity contribution < 1.29 is 13.9 Å². The van der Waals surface area contributed by atoms with Gasteiger partial charge in [-0.2, -0.15) is 0 Å². The number of rotatable bonds is 7. The van der Waals surface area contributed by atoms with Crippen LogP contribution in [0.15, 0.2) is 41.3 Å². The molecular weight excluding hydrogens is 357 g/mol. The van der Waals surface area contributed by atoms with Gasteiger partial charge in [0.15, 0.2) is 16.7 Å². The van der Waals surface area contributed by atoms with Crippen molar-refractivity contribution >= 4 is 28.9 Å². The van der Waals surface area contributed by atoms with Crippen LogP contribution in [0, 0.1) is 5.82 Å². The summed E-state index contributed by atoms with van der Waals surface area (Å²) >= 11 is 5.02. The number of nitrogens with one attached hydrogen (secondary N) is 3. The van der Waals surface area contributed by atoms with E-state index in [9.17, 15) is 14.0 Å². The first-order valence-corrected chi connectivity index (χ1v) is 8.64. The molecule has 1 aromatic heterocycles. The molecule has 0 aliphatic carbocycles. The van der Waals surface area contributed by atoms with E-state index >= 15 is 0 Å². The zero-order valence-electron chi connectivity index (χ0n) is 14.3. The topological polar surface area (TPSA) is 83.2 Å². The molecule has 0 radical (unpaired) electrons. The molecule has 6 nitrogen and oxygen atoms in total. The second-order valence-electron chi connectivity index (χ2n) is 5.52. The monoisotopic (exact) mass is 377 g/mol. The number of unbranched alkanes of at least 4 members (excludes halogenated alkanes) is 2. The first kappa shape index (κ1) is 19.6. The third-order valence-corrected chi connectivity index (χ3v) is 3.69. The Hall–Kier alpha value is -2.74. The number of pyridine rings is 1. The van der Waals surface area contributed by atoms with Crippen LogP contribution in [0.5, 0.6) is 5.75 Å². The van der Waals surface area contributed by atoms with E-state index < -0.39 is 17.3 Å². The predicted molar refractivity (Wildman–Crippen MR) is 102 cm³/mol. The number of anilines is 1. The maximum Gasteiger partial charge on any atom is 0.263 e. The SMILES string of the molecule is CCCCCOc1ccc(NC(=S)NC(=O)c2ccc[nH]c2=O)cc1F. The predicted octanol–water partition coefficient (Wildman–Crippen LogP) is 3.21. The number of benzene rings is 1. The minimum Gasteiger partial charge on any atom is -0.491 e. The van der Waals surface area contributed by atoms with Crippen LogP contribution < -0.4 is 20.9 Å². The van der Waals surface area contributed by atoms with Crippen LogP contribution in [0.25, 0.3) is 0 Å². The minimum absolute atomic E-state index is 0.0470. The van der Waals surface area contributed by atoms with E-state index in [0.29, 0.717) is 12.3 Å². The van der Waals surface area contributed by atoms with Crippen LogP contribution in [0.3, 0.4) is 0 Å². The van der Waals surface area contributed by atoms with E-state index in [1.54, 1.807) is 6.07 Å². The van der Waals surface area contributed by atoms with E-state index in [1.807, 2.05) is 0 Å². The van der Waals surface area contributed by atoms with Gasteiger partial charge in [0, 0.05) is 18.0 Å². The molecule has 0 saturated carbocycles. The number of carbonyl (C=O) groups is 1. The van der Waals surface area contributed by atoms with E-state index in [0.717, 1.165) is 19.3 Å². The molecule has 0 atom stereocenters. The van der Waals surface area contributed by atoms with Gasteiger partial charge in [0.05, 0.1) is 6.61 Å². The number of hydrogen-bond acceptors (Lipinski definition) is 4. The van der Waals surface area contributed by atoms with Crippen molar-refractivity contribution in [2.75, 3.05) is 11.9 Å². The molecule has 8 heteroatoms. The summed E-state index contributed by atoms with van der Waals surface area (Å²) in [5.74, 6) is -1.02. The first-order chi connectivity index (χ1) is 12.5. The summed E-state index contributed by atoms with van der Waals surface area (Å²) in [7, 11) is 0. The van der Waals surface area contributed by atoms with E-state index in [2.05, 4.69) is 22.5 Å². The average Bonchev–Trinajstić information content (AvgIpc) is 2.60. The average molecular weight is 377 g/mol. The third kappa shape index (κ3) is 5.66. The lowest BCUT2D eigenvalue weighted by molar-refractivity contribution is 0.0976. The molecule has 0 fully saturated rings. The summed E-state index contributed by atoms with van der Waals surface area (Å²) in [6.07, 6.45) is 4.38. The minimum atomic E-state index is -0.652. The Balaban J connectivity index is 1.92. The van der Waals surface area contributed by atoms with Crippen LogP contribution in [-0.2, 0) is 0 Å². The summed E-state index contributed by atoms with van der Waals surface area (Å²) in [6, 6.07) is 7.22. The maximum atomic E-state index is 14.0. The molecule has 2 rings (SSSR count). The lowest BCUT2D eigenvalue weighted by atomic mass is 10.2. The number of aromatic nitrogens is 1. The summed E-state index contributed by atoms with van der Waals surface area (Å²) in [5, 5.41) is 5.03. The Bertz CT molecular complexity index is 838. The molecule has 1 aromatic carbocycles. The Kier molecular flexibility index (Phi) is 7.28. The van der Waals surface area contributed by atoms with Gasteiger partial charge < -0.3 is 15.0 Å². The summed E-state index contributed by atoms with van der Waals surface area (Å²) in [4.78, 5) is 26.0. The number of ether oxygens (including phenoxy) is 1. The number of H-pyrrole nitrogens is 1. The van der Waals surface area contributed by atoms with Crippen LogP contribution in [0.1, 0.15) is 36.5 Å². The number of halogens is 1. The molecule has 0 unspecified atom stereocenters. The molecule has 26 heavy (non-hydrogen) atoms. The van der Waals surface area contributed by atoms with Gasteiger partial charge in [-0.25, -0.2) is 4.39 Å². The summed E-state index contributed by atoms with van der Waals surface area (Å²) in [5.41, 5.74) is -0.238. The molecule has 1 heterocycles. The Morgan fingerprint density at radius 3 is 2.81 bits per heavy atom. The Morgan fingerprint density at radius 1 is 1.31 bits per heavy atom. The number of carbonyl (C=O) groups excluding carboxylic acids is 1. The Labute approximate surface area is 155 Å². The highest BCUT2D eigenvalue weighted by Gasteiger charge is 2.12. The normalized spacial score (nSPS) is 10.2. The van der Waals surface area contributed by atoms with Gasteiger partial charge in [-0.05, 0) is 42.9 Å². The molecule has 0 saturated heterocycles. The molecule has 138 valence electrons. The molecular formula is C18H20FN3O3S. The van der Waals surface area contributed by atoms with Crippen molar-refractivity contribution in [3.8, 4) is 5.75 Å². The van der Waals surface area contributed by atoms with Crippen LogP contribution in [0.2, 0.25) is 0 Å². The van der Waals surface area contributed by atoms with Crippen LogP contribution in [0.4, 0.5) is 10.1 Å². The molecule has 2 aromatic rings. The quantitative estimate of drug-likeness (QED) is 0.510. The van der Waals surface area contributed by atoms with Gasteiger partial charge in [-0.1, -0.05) is 19.8 Å². The summed E-state index contributed by atoms with van der Waals surface area (Å²) < 4.78 is 19.4. The molecule has 0 spiro atoms. The van der Waals surface area contributed by atoms with Crippen molar-refractivity contribution in [3.05, 3.63) is 58.3 Å². The smallest absolute Gasteiger partial charge is 0.263 e. The molecule has 0 aliphatic heterocycles. The second-order valence-corrected chi connectivity index (χ2v) is 5.93. The van der Waals surface area contributed by atoms with Gasteiger partial charge in [-0.15, -0.1) is 0 Å². The lowest BCUT2D eigenvalue weighted by Gasteiger charge is -2.11. The lowest BCUT2D eigenvalue weighted by Crippen LogP contribution is -2.36. The largest absolute Gasteiger partial charge is 0.491 e. The fourth-order valence-corrected chi connectivity index (χ4v) is 2.37. The number of amides is 1. The molecule has 3 N–H and O–H groups in total. The zero-order chi connectivity index (χ0) is 18.9. The highest BCUT2D eigenvalue weighted by atomic mass is 32.1. The van der Waals surface area contributed by atoms with Crippen LogP contribution in [-0.4, -0.2) is 22.6 Å². The number of hydrogen-bond donors (Lipinski definition) is 3. The fraction of sp³-hybridized carbons (Fsp3) is 0.278. The van der Waals surface area contributed by atoms with Gasteiger partial charge in [0.2, 0.25) is 0 Å². The third-order valence-electron chi connectivity index (χ3n) is 3.49. The van der Waals surface area contributed by atoms with Crippen LogP contribution >= 0.6 is 12.2 Å². The fourth-order valence-electron chi connectivity index (χ4n) is 2.16. The van der Waals surface area contributed by atoms with Crippen molar-refractivity contribution in [3.63, 3.8) is 0 Å². The zero-order valence-corrected chi connectivity index (χ0v) is 15.1. The maximum absolute atomic E-state index is 14.0. The molecule has 1 amide bonds. The van der Waals surface area contributed by atoms with Crippen molar-refractivity contribution in [2.45, 2.75) is 26.2 Å². The van der Waals surface area contributed by atoms with Gasteiger partial charge in [0.1, 0.15) is 5.56 Å². The first-order valence-electron chi connectivity index (χ1n) is 8.23. The molecule has 0 aliphatic rings. The highest BCUT2D eigenvalue weighted by Crippen LogP contribution is 2.21. The van der Waals surface area contributed by atoms with Crippen molar-refractivity contribution in [1.29, 1.82) is 0 Å². The van der Waals surface area contributed by atoms with E-state index in [1.165, 1.54) is 30.5 Å². The van der Waals surface area contributed by atoms with Gasteiger partial charge in [0.25, 0.3) is 11.5 Å². The summed E-state index contributed by atoms with van der Waals surface area (Å²) in [6.45, 7) is 2.54. The van der Waals surface area contributed by atoms with E-state index in [4.69, 9.17) is 17.0 Å². The van der Waals surface area contributed by atoms with Gasteiger partial charge >= 0.3 is 0 Å². The van der Waals surface area contributed by atoms with Gasteiger partial charge in [-0.3, -0.25) is 14.9 Å². The molecule has 0 bridgehead atoms. The van der Waals surface area contributed by atoms with Crippen molar-refractivity contribution in [2.24, 2.45) is 0 Å². The highest BCUT2D eigenvalue weighted by molar-refractivity contribution is 7.80.